The van der Waals surface area contributed by atoms with Gasteiger partial charge in [-0.15, -0.1) is 0 Å². The fraction of sp³-hybridized carbons (Fsp3) is 0.571. The molecular weight excluding hydrogens is 200 g/mol. The molecule has 0 aliphatic carbocycles. The van der Waals surface area contributed by atoms with Crippen LogP contribution in [0.4, 0.5) is 0 Å². The number of hydrogen-bond acceptors (Lipinski definition) is 2. The minimum atomic E-state index is -0.766. The number of ether oxygens (including phenoxy) is 1. The fourth-order valence-corrected chi connectivity index (χ4v) is 2.43. The first-order valence-electron chi connectivity index (χ1n) is 6.12. The van der Waals surface area contributed by atoms with E-state index in [4.69, 9.17) is 4.74 Å². The molecule has 0 spiro atoms. The molecule has 1 aromatic carbocycles. The van der Waals surface area contributed by atoms with Crippen LogP contribution in [-0.2, 0) is 12.0 Å². The highest BCUT2D eigenvalue weighted by molar-refractivity contribution is 5.45. The van der Waals surface area contributed by atoms with Crippen molar-refractivity contribution in [3.8, 4) is 5.75 Å². The van der Waals surface area contributed by atoms with Crippen molar-refractivity contribution in [3.05, 3.63) is 29.3 Å². The molecule has 0 amide bonds. The van der Waals surface area contributed by atoms with Gasteiger partial charge >= 0.3 is 0 Å². The van der Waals surface area contributed by atoms with Crippen molar-refractivity contribution in [2.24, 2.45) is 0 Å². The van der Waals surface area contributed by atoms with Crippen LogP contribution in [-0.4, -0.2) is 11.7 Å². The number of benzene rings is 1. The molecule has 1 heterocycles. The molecule has 1 atom stereocenters. The average molecular weight is 220 g/mol. The Kier molecular flexibility index (Phi) is 3.20. The Morgan fingerprint density at radius 1 is 1.44 bits per heavy atom. The van der Waals surface area contributed by atoms with Gasteiger partial charge in [0, 0.05) is 5.56 Å². The second kappa shape index (κ2) is 4.46. The van der Waals surface area contributed by atoms with Gasteiger partial charge in [0.05, 0.1) is 12.2 Å². The van der Waals surface area contributed by atoms with Gasteiger partial charge in [0.2, 0.25) is 0 Å². The standard InChI is InChI=1S/C14H20O2/c1-3-9-14(2,15)12-8-4-6-11-7-5-10-16-13(11)12/h4,6,8,15H,3,5,7,9-10H2,1-2H3. The molecule has 1 aliphatic rings. The molecule has 0 fully saturated rings. The van der Waals surface area contributed by atoms with Crippen LogP contribution in [0.25, 0.3) is 0 Å². The number of rotatable bonds is 3. The number of hydrogen-bond donors (Lipinski definition) is 1. The maximum atomic E-state index is 10.5. The van der Waals surface area contributed by atoms with Crippen molar-refractivity contribution in [1.82, 2.24) is 0 Å². The van der Waals surface area contributed by atoms with E-state index >= 15 is 0 Å². The van der Waals surface area contributed by atoms with Crippen LogP contribution in [0.5, 0.6) is 5.75 Å². The summed E-state index contributed by atoms with van der Waals surface area (Å²) in [5.74, 6) is 0.923. The van der Waals surface area contributed by atoms with Crippen molar-refractivity contribution < 1.29 is 9.84 Å². The Bertz CT molecular complexity index is 369. The Morgan fingerprint density at radius 3 is 3.00 bits per heavy atom. The summed E-state index contributed by atoms with van der Waals surface area (Å²) in [4.78, 5) is 0. The lowest BCUT2D eigenvalue weighted by molar-refractivity contribution is 0.0431. The molecule has 0 aromatic heterocycles. The number of aliphatic hydroxyl groups is 1. The largest absolute Gasteiger partial charge is 0.493 e. The van der Waals surface area contributed by atoms with E-state index in [0.29, 0.717) is 0 Å². The molecule has 1 aliphatic heterocycles. The summed E-state index contributed by atoms with van der Waals surface area (Å²) >= 11 is 0. The van der Waals surface area contributed by atoms with Crippen LogP contribution < -0.4 is 4.74 Å². The highest BCUT2D eigenvalue weighted by Crippen LogP contribution is 2.37. The van der Waals surface area contributed by atoms with Gasteiger partial charge in [0.1, 0.15) is 5.75 Å². The summed E-state index contributed by atoms with van der Waals surface area (Å²) in [5.41, 5.74) is 1.42. The molecule has 2 nitrogen and oxygen atoms in total. The minimum Gasteiger partial charge on any atom is -0.493 e. The van der Waals surface area contributed by atoms with Crippen LogP contribution in [0.2, 0.25) is 0 Å². The van der Waals surface area contributed by atoms with Crippen LogP contribution in [0.15, 0.2) is 18.2 Å². The molecule has 0 radical (unpaired) electrons. The average Bonchev–Trinajstić information content (AvgIpc) is 2.28. The number of fused-ring (bicyclic) bond motifs is 1. The van der Waals surface area contributed by atoms with Crippen LogP contribution in [0.3, 0.4) is 0 Å². The van der Waals surface area contributed by atoms with Gasteiger partial charge in [0.25, 0.3) is 0 Å². The van der Waals surface area contributed by atoms with Gasteiger partial charge in [-0.05, 0) is 31.7 Å². The lowest BCUT2D eigenvalue weighted by Gasteiger charge is -2.29. The molecule has 16 heavy (non-hydrogen) atoms. The summed E-state index contributed by atoms with van der Waals surface area (Å²) in [6.07, 6.45) is 3.88. The Balaban J connectivity index is 2.40. The van der Waals surface area contributed by atoms with E-state index in [2.05, 4.69) is 13.0 Å². The van der Waals surface area contributed by atoms with Crippen LogP contribution >= 0.6 is 0 Å². The van der Waals surface area contributed by atoms with Crippen LogP contribution in [0, 0.1) is 0 Å². The van der Waals surface area contributed by atoms with Gasteiger partial charge < -0.3 is 9.84 Å². The molecule has 1 N–H and O–H groups in total. The molecular formula is C14H20O2. The molecule has 0 bridgehead atoms. The number of para-hydroxylation sites is 1. The second-order valence-corrected chi connectivity index (χ2v) is 4.77. The summed E-state index contributed by atoms with van der Waals surface area (Å²) in [5, 5.41) is 10.5. The first-order valence-corrected chi connectivity index (χ1v) is 6.12. The van der Waals surface area contributed by atoms with Gasteiger partial charge in [-0.25, -0.2) is 0 Å². The molecule has 2 rings (SSSR count). The monoisotopic (exact) mass is 220 g/mol. The fourth-order valence-electron chi connectivity index (χ4n) is 2.43. The Hall–Kier alpha value is -1.02. The van der Waals surface area contributed by atoms with Gasteiger partial charge in [-0.2, -0.15) is 0 Å². The van der Waals surface area contributed by atoms with Crippen molar-refractivity contribution in [3.63, 3.8) is 0 Å². The maximum Gasteiger partial charge on any atom is 0.128 e. The predicted octanol–water partition coefficient (Wildman–Crippen LogP) is 3.02. The van der Waals surface area contributed by atoms with E-state index in [1.54, 1.807) is 0 Å². The number of aryl methyl sites for hydroxylation is 1. The smallest absolute Gasteiger partial charge is 0.128 e. The molecule has 1 aromatic rings. The van der Waals surface area contributed by atoms with Crippen molar-refractivity contribution in [2.45, 2.75) is 45.1 Å². The lowest BCUT2D eigenvalue weighted by Crippen LogP contribution is -2.23. The van der Waals surface area contributed by atoms with E-state index in [9.17, 15) is 5.11 Å². The molecule has 88 valence electrons. The Morgan fingerprint density at radius 2 is 2.25 bits per heavy atom. The lowest BCUT2D eigenvalue weighted by atomic mass is 9.88. The maximum absolute atomic E-state index is 10.5. The summed E-state index contributed by atoms with van der Waals surface area (Å²) in [6.45, 7) is 4.74. The summed E-state index contributed by atoms with van der Waals surface area (Å²) in [7, 11) is 0. The van der Waals surface area contributed by atoms with E-state index in [0.717, 1.165) is 43.6 Å². The summed E-state index contributed by atoms with van der Waals surface area (Å²) in [6, 6.07) is 6.10. The molecule has 0 saturated heterocycles. The minimum absolute atomic E-state index is 0.766. The van der Waals surface area contributed by atoms with Crippen LogP contribution in [0.1, 0.15) is 44.2 Å². The first kappa shape index (κ1) is 11.5. The zero-order valence-electron chi connectivity index (χ0n) is 10.1. The first-order chi connectivity index (χ1) is 7.65. The van der Waals surface area contributed by atoms with Gasteiger partial charge in [0.15, 0.2) is 0 Å². The highest BCUT2D eigenvalue weighted by Gasteiger charge is 2.28. The van der Waals surface area contributed by atoms with E-state index < -0.39 is 5.60 Å². The quantitative estimate of drug-likeness (QED) is 0.848. The van der Waals surface area contributed by atoms with Crippen molar-refractivity contribution in [1.29, 1.82) is 0 Å². The topological polar surface area (TPSA) is 29.5 Å². The zero-order chi connectivity index (χ0) is 11.6. The summed E-state index contributed by atoms with van der Waals surface area (Å²) < 4.78 is 5.73. The van der Waals surface area contributed by atoms with Gasteiger partial charge in [-0.3, -0.25) is 0 Å². The molecule has 1 unspecified atom stereocenters. The third-order valence-electron chi connectivity index (χ3n) is 3.25. The van der Waals surface area contributed by atoms with E-state index in [-0.39, 0.29) is 0 Å². The predicted molar refractivity (Wildman–Crippen MR) is 64.7 cm³/mol. The molecule has 2 heteroatoms. The second-order valence-electron chi connectivity index (χ2n) is 4.77. The van der Waals surface area contributed by atoms with E-state index in [1.165, 1.54) is 5.56 Å². The van der Waals surface area contributed by atoms with Gasteiger partial charge in [-0.1, -0.05) is 31.5 Å². The van der Waals surface area contributed by atoms with Crippen molar-refractivity contribution in [2.75, 3.05) is 6.61 Å². The third kappa shape index (κ3) is 2.07. The highest BCUT2D eigenvalue weighted by atomic mass is 16.5. The SMILES string of the molecule is CCCC(C)(O)c1cccc2c1OCCC2. The van der Waals surface area contributed by atoms with Crippen molar-refractivity contribution >= 4 is 0 Å². The normalized spacial score (nSPS) is 18.4. The zero-order valence-corrected chi connectivity index (χ0v) is 10.1. The van der Waals surface area contributed by atoms with E-state index in [1.807, 2.05) is 19.1 Å². The molecule has 0 saturated carbocycles. The Labute approximate surface area is 97.3 Å². The third-order valence-corrected chi connectivity index (χ3v) is 3.25.